The van der Waals surface area contributed by atoms with Crippen LogP contribution in [0.4, 0.5) is 5.69 Å². The standard InChI is InChI=1S/C18H20N2O4/c1-12-7-9-15(10-8-12)24-11-13(2)19-18(21)16-5-4-6-17(14(16)3)20(22)23/h4-10,13H,11H2,1-3H3,(H,19,21). The second-order valence-corrected chi connectivity index (χ2v) is 5.71. The minimum absolute atomic E-state index is 0.0637. The van der Waals surface area contributed by atoms with E-state index < -0.39 is 4.92 Å². The number of rotatable bonds is 6. The number of aryl methyl sites for hydroxylation is 1. The Balaban J connectivity index is 1.97. The summed E-state index contributed by atoms with van der Waals surface area (Å²) in [5, 5.41) is 13.8. The van der Waals surface area contributed by atoms with E-state index in [2.05, 4.69) is 5.32 Å². The molecule has 126 valence electrons. The highest BCUT2D eigenvalue weighted by Gasteiger charge is 2.19. The largest absolute Gasteiger partial charge is 0.491 e. The number of hydrogen-bond acceptors (Lipinski definition) is 4. The molecule has 1 unspecified atom stereocenters. The first-order valence-corrected chi connectivity index (χ1v) is 7.63. The smallest absolute Gasteiger partial charge is 0.273 e. The highest BCUT2D eigenvalue weighted by molar-refractivity contribution is 5.96. The van der Waals surface area contributed by atoms with Crippen LogP contribution in [0.1, 0.15) is 28.4 Å². The topological polar surface area (TPSA) is 81.5 Å². The summed E-state index contributed by atoms with van der Waals surface area (Å²) >= 11 is 0. The number of nitrogens with one attached hydrogen (secondary N) is 1. The van der Waals surface area contributed by atoms with Crippen molar-refractivity contribution in [3.8, 4) is 5.75 Å². The van der Waals surface area contributed by atoms with E-state index in [4.69, 9.17) is 4.74 Å². The first-order valence-electron chi connectivity index (χ1n) is 7.63. The van der Waals surface area contributed by atoms with Gasteiger partial charge in [0.05, 0.1) is 11.0 Å². The summed E-state index contributed by atoms with van der Waals surface area (Å²) in [6.45, 7) is 5.69. The molecule has 0 saturated heterocycles. The van der Waals surface area contributed by atoms with Gasteiger partial charge in [-0.25, -0.2) is 0 Å². The Labute approximate surface area is 140 Å². The van der Waals surface area contributed by atoms with E-state index in [0.29, 0.717) is 17.7 Å². The van der Waals surface area contributed by atoms with Crippen LogP contribution in [0.5, 0.6) is 5.75 Å². The van der Waals surface area contributed by atoms with E-state index >= 15 is 0 Å². The molecule has 1 atom stereocenters. The van der Waals surface area contributed by atoms with Gasteiger partial charge >= 0.3 is 0 Å². The molecule has 2 aromatic carbocycles. The van der Waals surface area contributed by atoms with Gasteiger partial charge in [-0.15, -0.1) is 0 Å². The lowest BCUT2D eigenvalue weighted by atomic mass is 10.1. The zero-order valence-electron chi connectivity index (χ0n) is 13.9. The van der Waals surface area contributed by atoms with Gasteiger partial charge in [0.25, 0.3) is 11.6 Å². The Kier molecular flexibility index (Phi) is 5.52. The molecule has 0 fully saturated rings. The highest BCUT2D eigenvalue weighted by Crippen LogP contribution is 2.21. The van der Waals surface area contributed by atoms with Crippen molar-refractivity contribution >= 4 is 11.6 Å². The zero-order valence-corrected chi connectivity index (χ0v) is 13.9. The highest BCUT2D eigenvalue weighted by atomic mass is 16.6. The summed E-state index contributed by atoms with van der Waals surface area (Å²) in [6, 6.07) is 11.9. The third-order valence-electron chi connectivity index (χ3n) is 3.65. The number of amides is 1. The van der Waals surface area contributed by atoms with Gasteiger partial charge in [0.15, 0.2) is 0 Å². The van der Waals surface area contributed by atoms with E-state index in [0.717, 1.165) is 11.3 Å². The lowest BCUT2D eigenvalue weighted by Gasteiger charge is -2.16. The van der Waals surface area contributed by atoms with Crippen molar-refractivity contribution < 1.29 is 14.5 Å². The molecule has 0 radical (unpaired) electrons. The van der Waals surface area contributed by atoms with Crippen LogP contribution in [0.25, 0.3) is 0 Å². The Bertz CT molecular complexity index is 741. The lowest BCUT2D eigenvalue weighted by molar-refractivity contribution is -0.385. The summed E-state index contributed by atoms with van der Waals surface area (Å²) in [7, 11) is 0. The molecule has 0 spiro atoms. The van der Waals surface area contributed by atoms with Crippen molar-refractivity contribution in [1.29, 1.82) is 0 Å². The molecular formula is C18H20N2O4. The fourth-order valence-corrected chi connectivity index (χ4v) is 2.27. The fourth-order valence-electron chi connectivity index (χ4n) is 2.27. The van der Waals surface area contributed by atoms with Crippen LogP contribution in [0.2, 0.25) is 0 Å². The quantitative estimate of drug-likeness (QED) is 0.651. The maximum Gasteiger partial charge on any atom is 0.273 e. The Morgan fingerprint density at radius 2 is 1.88 bits per heavy atom. The second kappa shape index (κ2) is 7.59. The van der Waals surface area contributed by atoms with Crippen molar-refractivity contribution in [2.45, 2.75) is 26.8 Å². The summed E-state index contributed by atoms with van der Waals surface area (Å²) < 4.78 is 5.63. The van der Waals surface area contributed by atoms with Crippen LogP contribution in [0.3, 0.4) is 0 Å². The molecule has 0 saturated carbocycles. The average Bonchev–Trinajstić information content (AvgIpc) is 2.54. The maximum atomic E-state index is 12.3. The van der Waals surface area contributed by atoms with Gasteiger partial charge in [-0.1, -0.05) is 23.8 Å². The number of carbonyl (C=O) groups is 1. The lowest BCUT2D eigenvalue weighted by Crippen LogP contribution is -2.37. The van der Waals surface area contributed by atoms with E-state index in [1.807, 2.05) is 38.1 Å². The van der Waals surface area contributed by atoms with E-state index in [1.165, 1.54) is 12.1 Å². The van der Waals surface area contributed by atoms with Crippen LogP contribution < -0.4 is 10.1 Å². The van der Waals surface area contributed by atoms with Gasteiger partial charge in [-0.2, -0.15) is 0 Å². The van der Waals surface area contributed by atoms with Crippen molar-refractivity contribution in [3.63, 3.8) is 0 Å². The van der Waals surface area contributed by atoms with Crippen LogP contribution in [-0.4, -0.2) is 23.5 Å². The van der Waals surface area contributed by atoms with Crippen LogP contribution >= 0.6 is 0 Å². The SMILES string of the molecule is Cc1ccc(OCC(C)NC(=O)c2cccc([N+](=O)[O-])c2C)cc1. The van der Waals surface area contributed by atoms with Gasteiger partial charge in [0, 0.05) is 17.2 Å². The molecule has 2 aromatic rings. The first-order chi connectivity index (χ1) is 11.4. The van der Waals surface area contributed by atoms with E-state index in [-0.39, 0.29) is 17.6 Å². The van der Waals surface area contributed by atoms with Gasteiger partial charge in [-0.3, -0.25) is 14.9 Å². The molecule has 0 aromatic heterocycles. The van der Waals surface area contributed by atoms with Crippen molar-refractivity contribution in [2.75, 3.05) is 6.61 Å². The van der Waals surface area contributed by atoms with Crippen LogP contribution in [-0.2, 0) is 0 Å². The summed E-state index contributed by atoms with van der Waals surface area (Å²) in [6.07, 6.45) is 0. The third-order valence-corrected chi connectivity index (χ3v) is 3.65. The molecule has 2 rings (SSSR count). The molecule has 0 bridgehead atoms. The molecule has 0 aliphatic rings. The van der Waals surface area contributed by atoms with Crippen molar-refractivity contribution in [2.24, 2.45) is 0 Å². The number of hydrogen-bond donors (Lipinski definition) is 1. The Morgan fingerprint density at radius 3 is 2.50 bits per heavy atom. The normalized spacial score (nSPS) is 11.6. The summed E-state index contributed by atoms with van der Waals surface area (Å²) in [5.74, 6) is 0.379. The van der Waals surface area contributed by atoms with E-state index in [9.17, 15) is 14.9 Å². The maximum absolute atomic E-state index is 12.3. The third kappa shape index (κ3) is 4.32. The fraction of sp³-hybridized carbons (Fsp3) is 0.278. The minimum Gasteiger partial charge on any atom is -0.491 e. The van der Waals surface area contributed by atoms with Crippen molar-refractivity contribution in [3.05, 3.63) is 69.3 Å². The Hall–Kier alpha value is -2.89. The molecule has 6 heteroatoms. The minimum atomic E-state index is -0.490. The zero-order chi connectivity index (χ0) is 17.7. The number of carbonyl (C=O) groups excluding carboxylic acids is 1. The molecule has 1 N–H and O–H groups in total. The molecule has 0 aliphatic carbocycles. The molecule has 6 nitrogen and oxygen atoms in total. The molecule has 24 heavy (non-hydrogen) atoms. The number of nitrogens with zero attached hydrogens (tertiary/aromatic N) is 1. The summed E-state index contributed by atoms with van der Waals surface area (Å²) in [5.41, 5.74) is 1.73. The van der Waals surface area contributed by atoms with Gasteiger partial charge in [-0.05, 0) is 39.0 Å². The number of nitro groups is 1. The predicted molar refractivity (Wildman–Crippen MR) is 91.4 cm³/mol. The number of nitro benzene ring substituents is 1. The monoisotopic (exact) mass is 328 g/mol. The molecule has 1 amide bonds. The average molecular weight is 328 g/mol. The first kappa shape index (κ1) is 17.5. The Morgan fingerprint density at radius 1 is 1.21 bits per heavy atom. The number of ether oxygens (including phenoxy) is 1. The summed E-state index contributed by atoms with van der Waals surface area (Å²) in [4.78, 5) is 22.8. The predicted octanol–water partition coefficient (Wildman–Crippen LogP) is 3.41. The van der Waals surface area contributed by atoms with E-state index in [1.54, 1.807) is 13.0 Å². The van der Waals surface area contributed by atoms with Crippen LogP contribution in [0, 0.1) is 24.0 Å². The molecular weight excluding hydrogens is 308 g/mol. The second-order valence-electron chi connectivity index (χ2n) is 5.71. The van der Waals surface area contributed by atoms with Gasteiger partial charge < -0.3 is 10.1 Å². The molecule has 0 aliphatic heterocycles. The van der Waals surface area contributed by atoms with Crippen molar-refractivity contribution in [1.82, 2.24) is 5.32 Å². The number of benzene rings is 2. The van der Waals surface area contributed by atoms with Crippen LogP contribution in [0.15, 0.2) is 42.5 Å². The van der Waals surface area contributed by atoms with Gasteiger partial charge in [0.1, 0.15) is 12.4 Å². The van der Waals surface area contributed by atoms with Gasteiger partial charge in [0.2, 0.25) is 0 Å². The molecule has 0 heterocycles.